The van der Waals surface area contributed by atoms with E-state index in [0.717, 1.165) is 32.1 Å². The summed E-state index contributed by atoms with van der Waals surface area (Å²) in [5.41, 5.74) is 2.05. The summed E-state index contributed by atoms with van der Waals surface area (Å²) in [5.74, 6) is 1.43. The number of para-hydroxylation sites is 2. The summed E-state index contributed by atoms with van der Waals surface area (Å²) in [5, 5.41) is 7.46. The van der Waals surface area contributed by atoms with Crippen molar-refractivity contribution in [1.29, 1.82) is 0 Å². The van der Waals surface area contributed by atoms with E-state index >= 15 is 0 Å². The molecular formula is C16H14Br2N2O2S2. The van der Waals surface area contributed by atoms with Gasteiger partial charge in [0.15, 0.2) is 11.5 Å². The van der Waals surface area contributed by atoms with Gasteiger partial charge in [-0.15, -0.1) is 22.7 Å². The second-order valence-electron chi connectivity index (χ2n) is 4.76. The standard InChI is InChI=1S/C16H14Br2N2O2S2/c17-5-11-9-23-15(19-11)7-21-13-3-1-2-4-14(13)22-8-16-20-12(6-18)10-24-16/h1-4,9-10H,5-8H2. The predicted molar refractivity (Wildman–Crippen MR) is 105 cm³/mol. The van der Waals surface area contributed by atoms with Crippen molar-refractivity contribution in [2.45, 2.75) is 23.9 Å². The van der Waals surface area contributed by atoms with Gasteiger partial charge in [0.2, 0.25) is 0 Å². The largest absolute Gasteiger partial charge is 0.483 e. The molecule has 0 N–H and O–H groups in total. The highest BCUT2D eigenvalue weighted by Gasteiger charge is 2.08. The molecule has 0 atom stereocenters. The van der Waals surface area contributed by atoms with Crippen molar-refractivity contribution in [1.82, 2.24) is 9.97 Å². The maximum atomic E-state index is 5.88. The molecule has 0 amide bonds. The monoisotopic (exact) mass is 488 g/mol. The van der Waals surface area contributed by atoms with Crippen LogP contribution in [0.1, 0.15) is 21.4 Å². The zero-order valence-electron chi connectivity index (χ0n) is 12.6. The molecule has 0 aliphatic heterocycles. The van der Waals surface area contributed by atoms with Gasteiger partial charge in [-0.25, -0.2) is 9.97 Å². The predicted octanol–water partition coefficient (Wildman–Crippen LogP) is 5.55. The topological polar surface area (TPSA) is 44.2 Å². The molecule has 4 nitrogen and oxygen atoms in total. The fraction of sp³-hybridized carbons (Fsp3) is 0.250. The first-order valence-electron chi connectivity index (χ1n) is 7.11. The average Bonchev–Trinajstić information content (AvgIpc) is 3.27. The van der Waals surface area contributed by atoms with Crippen LogP contribution in [0.5, 0.6) is 11.5 Å². The van der Waals surface area contributed by atoms with Crippen LogP contribution in [0.25, 0.3) is 0 Å². The van der Waals surface area contributed by atoms with Gasteiger partial charge in [0.05, 0.1) is 11.4 Å². The first-order valence-corrected chi connectivity index (χ1v) is 11.1. The van der Waals surface area contributed by atoms with Crippen molar-refractivity contribution in [3.05, 3.63) is 56.4 Å². The third-order valence-electron chi connectivity index (χ3n) is 3.02. The number of hydrogen-bond donors (Lipinski definition) is 0. The summed E-state index contributed by atoms with van der Waals surface area (Å²) in [6, 6.07) is 7.67. The quantitative estimate of drug-likeness (QED) is 0.389. The molecule has 0 unspecified atom stereocenters. The number of thiazole rings is 2. The maximum Gasteiger partial charge on any atom is 0.161 e. The number of aromatic nitrogens is 2. The molecule has 0 saturated heterocycles. The lowest BCUT2D eigenvalue weighted by Crippen LogP contribution is -2.00. The van der Waals surface area contributed by atoms with E-state index in [1.54, 1.807) is 22.7 Å². The third-order valence-corrected chi connectivity index (χ3v) is 5.92. The zero-order chi connectivity index (χ0) is 16.8. The Kier molecular flexibility index (Phi) is 6.65. The van der Waals surface area contributed by atoms with Crippen molar-refractivity contribution in [3.8, 4) is 11.5 Å². The van der Waals surface area contributed by atoms with E-state index in [2.05, 4.69) is 41.8 Å². The molecule has 2 heterocycles. The SMILES string of the molecule is BrCc1csc(COc2ccccc2OCc2nc(CBr)cs2)n1. The van der Waals surface area contributed by atoms with Crippen molar-refractivity contribution < 1.29 is 9.47 Å². The van der Waals surface area contributed by atoms with Crippen LogP contribution in [-0.4, -0.2) is 9.97 Å². The summed E-state index contributed by atoms with van der Waals surface area (Å²) in [7, 11) is 0. The Balaban J connectivity index is 1.61. The van der Waals surface area contributed by atoms with Gasteiger partial charge in [-0.3, -0.25) is 0 Å². The zero-order valence-corrected chi connectivity index (χ0v) is 17.4. The molecule has 1 aromatic carbocycles. The molecule has 24 heavy (non-hydrogen) atoms. The molecule has 0 aliphatic carbocycles. The van der Waals surface area contributed by atoms with Crippen LogP contribution in [0.3, 0.4) is 0 Å². The van der Waals surface area contributed by atoms with E-state index in [1.807, 2.05) is 35.0 Å². The number of benzene rings is 1. The van der Waals surface area contributed by atoms with Gasteiger partial charge in [-0.05, 0) is 12.1 Å². The number of nitrogens with zero attached hydrogens (tertiary/aromatic N) is 2. The maximum absolute atomic E-state index is 5.88. The van der Waals surface area contributed by atoms with Crippen LogP contribution in [0, 0.1) is 0 Å². The van der Waals surface area contributed by atoms with Gasteiger partial charge in [-0.1, -0.05) is 44.0 Å². The van der Waals surface area contributed by atoms with Crippen LogP contribution in [-0.2, 0) is 23.9 Å². The number of rotatable bonds is 8. The normalized spacial score (nSPS) is 10.8. The van der Waals surface area contributed by atoms with Crippen molar-refractivity contribution >= 4 is 54.5 Å². The van der Waals surface area contributed by atoms with E-state index < -0.39 is 0 Å². The Morgan fingerprint density at radius 3 is 1.62 bits per heavy atom. The van der Waals surface area contributed by atoms with E-state index in [0.29, 0.717) is 24.7 Å². The molecule has 0 fully saturated rings. The molecule has 8 heteroatoms. The van der Waals surface area contributed by atoms with Crippen molar-refractivity contribution in [3.63, 3.8) is 0 Å². The molecule has 3 aromatic rings. The lowest BCUT2D eigenvalue weighted by molar-refractivity contribution is 0.255. The van der Waals surface area contributed by atoms with Crippen molar-refractivity contribution in [2.24, 2.45) is 0 Å². The molecule has 0 saturated carbocycles. The lowest BCUT2D eigenvalue weighted by Gasteiger charge is -2.11. The van der Waals surface area contributed by atoms with Gasteiger partial charge in [0.25, 0.3) is 0 Å². The first-order chi connectivity index (χ1) is 11.8. The average molecular weight is 490 g/mol. The van der Waals surface area contributed by atoms with Gasteiger partial charge >= 0.3 is 0 Å². The Morgan fingerprint density at radius 1 is 0.792 bits per heavy atom. The minimum absolute atomic E-state index is 0.434. The van der Waals surface area contributed by atoms with Crippen LogP contribution >= 0.6 is 54.5 Å². The van der Waals surface area contributed by atoms with E-state index in [9.17, 15) is 0 Å². The minimum Gasteiger partial charge on any atom is -0.483 e. The molecule has 0 spiro atoms. The Labute approximate surface area is 165 Å². The second kappa shape index (κ2) is 8.94. The smallest absolute Gasteiger partial charge is 0.161 e. The highest BCUT2D eigenvalue weighted by Crippen LogP contribution is 2.29. The van der Waals surface area contributed by atoms with Crippen LogP contribution in [0.4, 0.5) is 0 Å². The van der Waals surface area contributed by atoms with E-state index in [4.69, 9.17) is 9.47 Å². The third kappa shape index (κ3) is 4.78. The molecule has 0 bridgehead atoms. The molecule has 126 valence electrons. The summed E-state index contributed by atoms with van der Waals surface area (Å²) in [6.45, 7) is 0.867. The van der Waals surface area contributed by atoms with Gasteiger partial charge in [0, 0.05) is 21.4 Å². The fourth-order valence-corrected chi connectivity index (χ4v) is 4.33. The van der Waals surface area contributed by atoms with Gasteiger partial charge in [0.1, 0.15) is 23.2 Å². The molecular weight excluding hydrogens is 476 g/mol. The lowest BCUT2D eigenvalue weighted by atomic mass is 10.3. The van der Waals surface area contributed by atoms with E-state index in [1.165, 1.54) is 0 Å². The Hall–Kier alpha value is -0.960. The van der Waals surface area contributed by atoms with Crippen LogP contribution < -0.4 is 9.47 Å². The van der Waals surface area contributed by atoms with Crippen LogP contribution in [0.2, 0.25) is 0 Å². The Morgan fingerprint density at radius 2 is 1.25 bits per heavy atom. The summed E-state index contributed by atoms with van der Waals surface area (Å²) < 4.78 is 11.8. The van der Waals surface area contributed by atoms with Crippen molar-refractivity contribution in [2.75, 3.05) is 0 Å². The number of halogens is 2. The number of ether oxygens (including phenoxy) is 2. The second-order valence-corrected chi connectivity index (χ2v) is 7.76. The van der Waals surface area contributed by atoms with Gasteiger partial charge < -0.3 is 9.47 Å². The molecule has 0 radical (unpaired) electrons. The minimum atomic E-state index is 0.434. The number of hydrogen-bond acceptors (Lipinski definition) is 6. The molecule has 0 aliphatic rings. The Bertz CT molecular complexity index is 726. The summed E-state index contributed by atoms with van der Waals surface area (Å²) in [4.78, 5) is 8.94. The summed E-state index contributed by atoms with van der Waals surface area (Å²) >= 11 is 10.00. The highest BCUT2D eigenvalue weighted by atomic mass is 79.9. The fourth-order valence-electron chi connectivity index (χ4n) is 1.92. The highest BCUT2D eigenvalue weighted by molar-refractivity contribution is 9.08. The van der Waals surface area contributed by atoms with Crippen LogP contribution in [0.15, 0.2) is 35.0 Å². The van der Waals surface area contributed by atoms with Gasteiger partial charge in [-0.2, -0.15) is 0 Å². The van der Waals surface area contributed by atoms with E-state index in [-0.39, 0.29) is 0 Å². The first kappa shape index (κ1) is 17.8. The number of alkyl halides is 2. The summed E-state index contributed by atoms with van der Waals surface area (Å²) in [6.07, 6.45) is 0. The molecule has 3 rings (SSSR count). The molecule has 2 aromatic heterocycles.